The Labute approximate surface area is 165 Å². The Morgan fingerprint density at radius 3 is 2.04 bits per heavy atom. The number of aryl methyl sites for hydroxylation is 1. The molecule has 6 nitrogen and oxygen atoms in total. The van der Waals surface area contributed by atoms with Crippen LogP contribution in [0.4, 0.5) is 0 Å². The number of allylic oxidation sites excluding steroid dienone is 2. The molecular weight excluding hydrogens is 451 g/mol. The Bertz CT molecular complexity index is 789. The number of benzene rings is 1. The summed E-state index contributed by atoms with van der Waals surface area (Å²) in [7, 11) is 2.68. The first kappa shape index (κ1) is 20.2. The molecule has 0 aromatic heterocycles. The van der Waals surface area contributed by atoms with Crippen LogP contribution in [0.25, 0.3) is 0 Å². The summed E-state index contributed by atoms with van der Waals surface area (Å²) in [6.45, 7) is 1.62. The van der Waals surface area contributed by atoms with Crippen molar-refractivity contribution in [3.8, 4) is 0 Å². The second-order valence-electron chi connectivity index (χ2n) is 5.77. The van der Waals surface area contributed by atoms with Gasteiger partial charge in [0, 0.05) is 17.6 Å². The molecule has 0 fully saturated rings. The monoisotopic (exact) mass is 470 g/mol. The summed E-state index contributed by atoms with van der Waals surface area (Å²) in [4.78, 5) is 36.2. The predicted octanol–water partition coefficient (Wildman–Crippen LogP) is 3.03. The number of rotatable bonds is 7. The van der Waals surface area contributed by atoms with Gasteiger partial charge in [0.1, 0.15) is 0 Å². The van der Waals surface area contributed by atoms with E-state index >= 15 is 0 Å². The molecule has 2 rings (SSSR count). The van der Waals surface area contributed by atoms with Gasteiger partial charge in [-0.1, -0.05) is 24.3 Å². The first-order valence-electron chi connectivity index (χ1n) is 7.93. The lowest BCUT2D eigenvalue weighted by Crippen LogP contribution is -2.26. The molecule has 0 N–H and O–H groups in total. The lowest BCUT2D eigenvalue weighted by Gasteiger charge is -2.20. The third-order valence-corrected chi connectivity index (χ3v) is 4.69. The molecule has 0 saturated heterocycles. The lowest BCUT2D eigenvalue weighted by atomic mass is 9.88. The maximum Gasteiger partial charge on any atom is 0.315 e. The SMILES string of the molecule is COC1=C(OC)C(=O)C(Cc2ccc(CCC(=O)OI)cc2)=C(C)C1=O. The van der Waals surface area contributed by atoms with Gasteiger partial charge in [0.25, 0.3) is 0 Å². The van der Waals surface area contributed by atoms with Gasteiger partial charge in [0.15, 0.2) is 23.0 Å². The number of hydrogen-bond acceptors (Lipinski definition) is 6. The van der Waals surface area contributed by atoms with Crippen molar-refractivity contribution in [3.63, 3.8) is 0 Å². The van der Waals surface area contributed by atoms with Crippen LogP contribution in [0.1, 0.15) is 24.5 Å². The summed E-state index contributed by atoms with van der Waals surface area (Å²) < 4.78 is 14.7. The number of carbonyl (C=O) groups excluding carboxylic acids is 3. The summed E-state index contributed by atoms with van der Waals surface area (Å²) in [5.74, 6) is -1.07. The van der Waals surface area contributed by atoms with E-state index in [-0.39, 0.29) is 29.1 Å². The molecule has 0 bridgehead atoms. The van der Waals surface area contributed by atoms with E-state index in [1.807, 2.05) is 24.3 Å². The minimum atomic E-state index is -0.340. The molecule has 1 aromatic rings. The predicted molar refractivity (Wildman–Crippen MR) is 102 cm³/mol. The van der Waals surface area contributed by atoms with Crippen molar-refractivity contribution in [2.45, 2.75) is 26.2 Å². The highest BCUT2D eigenvalue weighted by Gasteiger charge is 2.34. The van der Waals surface area contributed by atoms with Crippen LogP contribution in [-0.4, -0.2) is 31.8 Å². The lowest BCUT2D eigenvalue weighted by molar-refractivity contribution is -0.131. The van der Waals surface area contributed by atoms with Gasteiger partial charge in [-0.05, 0) is 24.5 Å². The number of methoxy groups -OCH3 is 2. The summed E-state index contributed by atoms with van der Waals surface area (Å²) >= 11 is 1.57. The molecule has 0 radical (unpaired) electrons. The van der Waals surface area contributed by atoms with Gasteiger partial charge in [0.2, 0.25) is 23.1 Å². The molecule has 7 heteroatoms. The topological polar surface area (TPSA) is 78.9 Å². The van der Waals surface area contributed by atoms with E-state index in [1.165, 1.54) is 14.2 Å². The van der Waals surface area contributed by atoms with Crippen molar-refractivity contribution in [1.82, 2.24) is 0 Å². The van der Waals surface area contributed by atoms with E-state index < -0.39 is 0 Å². The van der Waals surface area contributed by atoms with E-state index in [0.29, 0.717) is 30.4 Å². The highest BCUT2D eigenvalue weighted by molar-refractivity contribution is 14.1. The summed E-state index contributed by atoms with van der Waals surface area (Å²) in [5, 5.41) is 0. The van der Waals surface area contributed by atoms with Gasteiger partial charge in [-0.2, -0.15) is 0 Å². The van der Waals surface area contributed by atoms with Crippen LogP contribution in [0.3, 0.4) is 0 Å². The third-order valence-electron chi connectivity index (χ3n) is 4.20. The van der Waals surface area contributed by atoms with Crippen molar-refractivity contribution < 1.29 is 26.9 Å². The Balaban J connectivity index is 2.17. The number of hydrogen-bond donors (Lipinski definition) is 0. The molecule has 0 atom stereocenters. The zero-order chi connectivity index (χ0) is 19.3. The van der Waals surface area contributed by atoms with Gasteiger partial charge in [-0.15, -0.1) is 0 Å². The van der Waals surface area contributed by atoms with Crippen LogP contribution in [0.5, 0.6) is 0 Å². The minimum absolute atomic E-state index is 0.0590. The Morgan fingerprint density at radius 2 is 1.50 bits per heavy atom. The highest BCUT2D eigenvalue weighted by atomic mass is 127. The first-order chi connectivity index (χ1) is 12.4. The second-order valence-corrected chi connectivity index (χ2v) is 6.21. The summed E-state index contributed by atoms with van der Waals surface area (Å²) in [6.07, 6.45) is 1.20. The molecule has 0 amide bonds. The molecule has 0 unspecified atom stereocenters. The van der Waals surface area contributed by atoms with E-state index in [1.54, 1.807) is 29.9 Å². The summed E-state index contributed by atoms with van der Waals surface area (Å²) in [5.41, 5.74) is 2.64. The van der Waals surface area contributed by atoms with Crippen LogP contribution in [-0.2, 0) is 39.8 Å². The van der Waals surface area contributed by atoms with Gasteiger partial charge in [0.05, 0.1) is 20.6 Å². The van der Waals surface area contributed by atoms with Gasteiger partial charge < -0.3 is 12.5 Å². The molecule has 26 heavy (non-hydrogen) atoms. The minimum Gasteiger partial charge on any atom is -0.489 e. The van der Waals surface area contributed by atoms with E-state index in [2.05, 4.69) is 3.07 Å². The molecule has 0 aliphatic heterocycles. The second kappa shape index (κ2) is 8.98. The first-order valence-corrected chi connectivity index (χ1v) is 8.81. The fourth-order valence-electron chi connectivity index (χ4n) is 2.72. The molecule has 0 heterocycles. The maximum absolute atomic E-state index is 12.6. The molecule has 1 aliphatic rings. The molecular formula is C19H19IO6. The highest BCUT2D eigenvalue weighted by Crippen LogP contribution is 2.28. The van der Waals surface area contributed by atoms with Gasteiger partial charge >= 0.3 is 5.97 Å². The standard InChI is InChI=1S/C19H19IO6/c1-11-14(17(23)19(25-3)18(24-2)16(11)22)10-13-6-4-12(5-7-13)8-9-15(21)26-20/h4-7H,8-10H2,1-3H3. The molecule has 1 aromatic carbocycles. The number of ketones is 2. The fourth-order valence-corrected chi connectivity index (χ4v) is 2.94. The largest absolute Gasteiger partial charge is 0.489 e. The smallest absolute Gasteiger partial charge is 0.315 e. The Morgan fingerprint density at radius 1 is 0.962 bits per heavy atom. The van der Waals surface area contributed by atoms with Crippen LogP contribution >= 0.6 is 23.0 Å². The van der Waals surface area contributed by atoms with Gasteiger partial charge in [-0.25, -0.2) is 0 Å². The van der Waals surface area contributed by atoms with Crippen LogP contribution in [0, 0.1) is 0 Å². The summed E-state index contributed by atoms with van der Waals surface area (Å²) in [6, 6.07) is 7.55. The molecule has 0 spiro atoms. The van der Waals surface area contributed by atoms with E-state index in [0.717, 1.165) is 11.1 Å². The quantitative estimate of drug-likeness (QED) is 0.451. The van der Waals surface area contributed by atoms with Crippen LogP contribution in [0.15, 0.2) is 46.9 Å². The fraction of sp³-hybridized carbons (Fsp3) is 0.316. The molecule has 138 valence electrons. The van der Waals surface area contributed by atoms with Crippen molar-refractivity contribution >= 4 is 40.5 Å². The number of halogens is 1. The van der Waals surface area contributed by atoms with Crippen molar-refractivity contribution in [3.05, 3.63) is 58.1 Å². The van der Waals surface area contributed by atoms with E-state index in [9.17, 15) is 14.4 Å². The van der Waals surface area contributed by atoms with Crippen molar-refractivity contribution in [2.24, 2.45) is 0 Å². The number of carbonyl (C=O) groups is 3. The van der Waals surface area contributed by atoms with Crippen molar-refractivity contribution in [2.75, 3.05) is 14.2 Å². The normalized spacial score (nSPS) is 14.6. The molecule has 0 saturated carbocycles. The zero-order valence-corrected chi connectivity index (χ0v) is 16.9. The number of Topliss-reactive ketones (excluding diaryl/α,β-unsaturated/α-hetero) is 2. The Hall–Kier alpha value is -2.16. The third kappa shape index (κ3) is 4.32. The number of ether oxygens (including phenoxy) is 2. The van der Waals surface area contributed by atoms with Gasteiger partial charge in [-0.3, -0.25) is 14.4 Å². The Kier molecular flexibility index (Phi) is 6.96. The molecule has 1 aliphatic carbocycles. The van der Waals surface area contributed by atoms with E-state index in [4.69, 9.17) is 9.47 Å². The van der Waals surface area contributed by atoms with Crippen molar-refractivity contribution in [1.29, 1.82) is 0 Å². The average Bonchev–Trinajstić information content (AvgIpc) is 2.66. The van der Waals surface area contributed by atoms with Crippen LogP contribution < -0.4 is 0 Å². The van der Waals surface area contributed by atoms with Crippen LogP contribution in [0.2, 0.25) is 0 Å². The average molecular weight is 470 g/mol. The zero-order valence-electron chi connectivity index (χ0n) is 14.8. The maximum atomic E-state index is 12.6.